The lowest BCUT2D eigenvalue weighted by molar-refractivity contribution is 0.578. The first-order valence-electron chi connectivity index (χ1n) is 4.87. The molecule has 2 rings (SSSR count). The molecule has 0 saturated carbocycles. The topological polar surface area (TPSA) is 85.1 Å². The second-order valence-electron chi connectivity index (χ2n) is 3.41. The molecule has 0 amide bonds. The highest BCUT2D eigenvalue weighted by molar-refractivity contribution is 6.10. The van der Waals surface area contributed by atoms with Gasteiger partial charge >= 0.3 is 0 Å². The van der Waals surface area contributed by atoms with Crippen molar-refractivity contribution in [2.24, 2.45) is 5.10 Å². The summed E-state index contributed by atoms with van der Waals surface area (Å²) in [6.45, 7) is 1.87. The minimum Gasteiger partial charge on any atom is -0.461 e. The van der Waals surface area contributed by atoms with Crippen molar-refractivity contribution in [3.05, 3.63) is 30.0 Å². The lowest BCUT2D eigenvalue weighted by atomic mass is 10.2. The molecule has 2 aromatic rings. The molecule has 82 valence electrons. The fourth-order valence-corrected chi connectivity index (χ4v) is 1.44. The van der Waals surface area contributed by atoms with E-state index in [1.807, 2.05) is 19.1 Å². The average Bonchev–Trinajstić information content (AvgIpc) is 2.69. The maximum atomic E-state index is 8.52. The van der Waals surface area contributed by atoms with Gasteiger partial charge in [-0.25, -0.2) is 0 Å². The predicted molar refractivity (Wildman–Crippen MR) is 63.2 cm³/mol. The summed E-state index contributed by atoms with van der Waals surface area (Å²) in [6.07, 6.45) is 0. The van der Waals surface area contributed by atoms with Gasteiger partial charge in [0.2, 0.25) is 5.71 Å². The van der Waals surface area contributed by atoms with Crippen LogP contribution in [0.1, 0.15) is 5.76 Å². The third-order valence-corrected chi connectivity index (χ3v) is 2.15. The van der Waals surface area contributed by atoms with Gasteiger partial charge < -0.3 is 4.42 Å². The molecule has 5 nitrogen and oxygen atoms in total. The van der Waals surface area contributed by atoms with Gasteiger partial charge in [0, 0.05) is 5.39 Å². The van der Waals surface area contributed by atoms with Crippen LogP contribution in [0, 0.1) is 29.6 Å². The van der Waals surface area contributed by atoms with Gasteiger partial charge in [0.15, 0.2) is 0 Å². The van der Waals surface area contributed by atoms with E-state index >= 15 is 0 Å². The normalized spacial score (nSPS) is 9.35. The number of nitriles is 2. The van der Waals surface area contributed by atoms with E-state index in [-0.39, 0.29) is 5.71 Å². The Bertz CT molecular complexity index is 654. The molecule has 1 N–H and O–H groups in total. The molecule has 5 heteroatoms. The highest BCUT2D eigenvalue weighted by Crippen LogP contribution is 2.22. The Kier molecular flexibility index (Phi) is 2.76. The monoisotopic (exact) mass is 224 g/mol. The number of nitrogens with zero attached hydrogens (tertiary/aromatic N) is 3. The first-order chi connectivity index (χ1) is 8.22. The van der Waals surface area contributed by atoms with Gasteiger partial charge in [0.25, 0.3) is 0 Å². The zero-order valence-corrected chi connectivity index (χ0v) is 9.06. The van der Waals surface area contributed by atoms with Crippen molar-refractivity contribution in [1.29, 1.82) is 10.5 Å². The Balaban J connectivity index is 2.29. The van der Waals surface area contributed by atoms with Crippen LogP contribution in [0.5, 0.6) is 0 Å². The molecule has 17 heavy (non-hydrogen) atoms. The van der Waals surface area contributed by atoms with E-state index in [4.69, 9.17) is 14.9 Å². The van der Waals surface area contributed by atoms with Crippen molar-refractivity contribution in [2.75, 3.05) is 5.43 Å². The van der Waals surface area contributed by atoms with Crippen LogP contribution < -0.4 is 5.43 Å². The Morgan fingerprint density at radius 1 is 1.29 bits per heavy atom. The third kappa shape index (κ3) is 2.24. The molecule has 1 heterocycles. The van der Waals surface area contributed by atoms with Crippen molar-refractivity contribution in [3.8, 4) is 12.1 Å². The smallest absolute Gasteiger partial charge is 0.237 e. The van der Waals surface area contributed by atoms with E-state index in [9.17, 15) is 0 Å². The first kappa shape index (κ1) is 10.7. The Labute approximate surface area is 97.6 Å². The molecule has 0 aliphatic rings. The van der Waals surface area contributed by atoms with Crippen molar-refractivity contribution >= 4 is 22.4 Å². The molecule has 0 aliphatic heterocycles. The summed E-state index contributed by atoms with van der Waals surface area (Å²) in [5, 5.41) is 21.6. The number of anilines is 1. The van der Waals surface area contributed by atoms with E-state index in [0.29, 0.717) is 5.69 Å². The molecule has 0 fully saturated rings. The first-order valence-corrected chi connectivity index (χ1v) is 4.87. The SMILES string of the molecule is Cc1cc2cc(NN=C(C#N)C#N)ccc2o1. The molecule has 0 aliphatic carbocycles. The van der Waals surface area contributed by atoms with Crippen molar-refractivity contribution in [3.63, 3.8) is 0 Å². The summed E-state index contributed by atoms with van der Waals surface area (Å²) in [4.78, 5) is 0. The molecular formula is C12H8N4O. The summed E-state index contributed by atoms with van der Waals surface area (Å²) in [5.74, 6) is 0.829. The summed E-state index contributed by atoms with van der Waals surface area (Å²) in [5.41, 5.74) is 3.92. The van der Waals surface area contributed by atoms with Crippen molar-refractivity contribution < 1.29 is 4.42 Å². The summed E-state index contributed by atoms with van der Waals surface area (Å²) in [6, 6.07) is 10.6. The highest BCUT2D eigenvalue weighted by Gasteiger charge is 2.01. The van der Waals surface area contributed by atoms with Crippen molar-refractivity contribution in [1.82, 2.24) is 0 Å². The summed E-state index contributed by atoms with van der Waals surface area (Å²) >= 11 is 0. The average molecular weight is 224 g/mol. The number of rotatable bonds is 2. The van der Waals surface area contributed by atoms with Crippen LogP contribution in [0.15, 0.2) is 33.8 Å². The number of furan rings is 1. The molecule has 0 bridgehead atoms. The molecular weight excluding hydrogens is 216 g/mol. The molecule has 0 radical (unpaired) electrons. The van der Waals surface area contributed by atoms with Crippen LogP contribution in [-0.4, -0.2) is 5.71 Å². The molecule has 0 atom stereocenters. The zero-order chi connectivity index (χ0) is 12.3. The van der Waals surface area contributed by atoms with E-state index in [1.165, 1.54) is 0 Å². The quantitative estimate of drug-likeness (QED) is 0.627. The third-order valence-electron chi connectivity index (χ3n) is 2.15. The van der Waals surface area contributed by atoms with Gasteiger partial charge in [-0.1, -0.05) is 0 Å². The molecule has 1 aromatic carbocycles. The molecule has 0 spiro atoms. The molecule has 1 aromatic heterocycles. The Morgan fingerprint density at radius 2 is 2.06 bits per heavy atom. The van der Waals surface area contributed by atoms with Crippen LogP contribution in [0.2, 0.25) is 0 Å². The lowest BCUT2D eigenvalue weighted by Gasteiger charge is -1.98. The number of fused-ring (bicyclic) bond motifs is 1. The number of nitrogens with one attached hydrogen (secondary N) is 1. The van der Waals surface area contributed by atoms with Gasteiger partial charge in [-0.05, 0) is 31.2 Å². The second-order valence-corrected chi connectivity index (χ2v) is 3.41. The summed E-state index contributed by atoms with van der Waals surface area (Å²) in [7, 11) is 0. The Hall–Kier alpha value is -2.79. The van der Waals surface area contributed by atoms with E-state index in [2.05, 4.69) is 10.5 Å². The van der Waals surface area contributed by atoms with E-state index in [0.717, 1.165) is 16.7 Å². The zero-order valence-electron chi connectivity index (χ0n) is 9.06. The second kappa shape index (κ2) is 4.38. The fraction of sp³-hybridized carbons (Fsp3) is 0.0833. The number of hydrogen-bond acceptors (Lipinski definition) is 5. The van der Waals surface area contributed by atoms with Gasteiger partial charge in [-0.3, -0.25) is 5.43 Å². The van der Waals surface area contributed by atoms with Crippen LogP contribution in [0.3, 0.4) is 0 Å². The summed E-state index contributed by atoms with van der Waals surface area (Å²) < 4.78 is 5.42. The minimum absolute atomic E-state index is 0.214. The number of aryl methyl sites for hydroxylation is 1. The van der Waals surface area contributed by atoms with Crippen molar-refractivity contribution in [2.45, 2.75) is 6.92 Å². The maximum Gasteiger partial charge on any atom is 0.237 e. The van der Waals surface area contributed by atoms with Gasteiger partial charge in [0.05, 0.1) is 5.69 Å². The molecule has 0 saturated heterocycles. The minimum atomic E-state index is -0.214. The maximum absolute atomic E-state index is 8.52. The van der Waals surface area contributed by atoms with Crippen LogP contribution in [-0.2, 0) is 0 Å². The Morgan fingerprint density at radius 3 is 2.76 bits per heavy atom. The molecule has 0 unspecified atom stereocenters. The van der Waals surface area contributed by atoms with E-state index in [1.54, 1.807) is 24.3 Å². The highest BCUT2D eigenvalue weighted by atomic mass is 16.3. The number of hydrogen-bond donors (Lipinski definition) is 1. The standard InChI is InChI=1S/C12H8N4O/c1-8-4-9-5-10(2-3-12(9)17-8)15-16-11(6-13)7-14/h2-5,15H,1H3. The lowest BCUT2D eigenvalue weighted by Crippen LogP contribution is -1.95. The van der Waals surface area contributed by atoms with E-state index < -0.39 is 0 Å². The van der Waals surface area contributed by atoms with Gasteiger partial charge in [-0.2, -0.15) is 15.6 Å². The van der Waals surface area contributed by atoms with Crippen LogP contribution >= 0.6 is 0 Å². The largest absolute Gasteiger partial charge is 0.461 e. The van der Waals surface area contributed by atoms with Gasteiger partial charge in [0.1, 0.15) is 23.5 Å². The van der Waals surface area contributed by atoms with Crippen LogP contribution in [0.25, 0.3) is 11.0 Å². The van der Waals surface area contributed by atoms with Gasteiger partial charge in [-0.15, -0.1) is 0 Å². The predicted octanol–water partition coefficient (Wildman–Crippen LogP) is 2.56. The number of benzene rings is 1. The number of hydrazone groups is 1. The fourth-order valence-electron chi connectivity index (χ4n) is 1.44. The van der Waals surface area contributed by atoms with Crippen LogP contribution in [0.4, 0.5) is 5.69 Å².